The molecule has 2 bridgehead atoms. The Labute approximate surface area is 328 Å². The van der Waals surface area contributed by atoms with Crippen LogP contribution in [0, 0.1) is 34.4 Å². The van der Waals surface area contributed by atoms with Crippen LogP contribution in [-0.4, -0.2) is 52.3 Å². The van der Waals surface area contributed by atoms with Crippen LogP contribution in [0.25, 0.3) is 16.8 Å². The van der Waals surface area contributed by atoms with Gasteiger partial charge in [-0.2, -0.15) is 17.2 Å². The largest absolute Gasteiger partial charge is 0.743 e. The maximum absolute atomic E-state index is 14.0. The zero-order valence-corrected chi connectivity index (χ0v) is 34.2. The predicted octanol–water partition coefficient (Wildman–Crippen LogP) is 7.29. The number of allylic oxidation sites excluding steroid dienone is 1. The van der Waals surface area contributed by atoms with Gasteiger partial charge in [-0.1, -0.05) is 30.9 Å². The lowest BCUT2D eigenvalue weighted by molar-refractivity contribution is -0.142. The molecule has 50 heavy (non-hydrogen) atoms. The summed E-state index contributed by atoms with van der Waals surface area (Å²) in [7, 11) is -10.0. The average molecular weight is 1070 g/mol. The number of halogens is 5. The first kappa shape index (κ1) is 39.4. The highest BCUT2D eigenvalue weighted by Crippen LogP contribution is 2.56. The molecule has 2 aliphatic rings. The van der Waals surface area contributed by atoms with Gasteiger partial charge in [-0.15, -0.1) is 0 Å². The first-order valence-electron chi connectivity index (χ1n) is 14.9. The summed E-state index contributed by atoms with van der Waals surface area (Å²) in [5, 5.41) is -3.98. The molecule has 0 saturated heterocycles. The zero-order valence-electron chi connectivity index (χ0n) is 26.1. The molecular weight excluding hydrogens is 1040 g/mol. The molecule has 3 aromatic carbocycles. The standard InChI is InChI=1S/C33H29F2I3O10S2/c1-4-17-11-21(36)14-23-22(17)7-8-27(49(41,42)47-15-33(34,35)50(43,44)45)24(23)9-16(2)28-18-5-6-19(10-18)29(28)32(40)48-30-25(37)12-20(13-26(30)38)31(39)46-3/h4,7-8,11-14,18-19,28-29H,1-2,5-6,9-10,15H2,3H3,(H,43,44,45)/p-1. The van der Waals surface area contributed by atoms with Gasteiger partial charge >= 0.3 is 17.2 Å². The van der Waals surface area contributed by atoms with Crippen LogP contribution >= 0.6 is 67.8 Å². The Balaban J connectivity index is 1.53. The summed E-state index contributed by atoms with van der Waals surface area (Å²) in [6.45, 7) is 5.95. The lowest BCUT2D eigenvalue weighted by atomic mass is 9.74. The molecule has 10 nitrogen and oxygen atoms in total. The topological polar surface area (TPSA) is 153 Å². The van der Waals surface area contributed by atoms with Gasteiger partial charge < -0.3 is 14.0 Å². The second kappa shape index (κ2) is 14.9. The molecule has 2 fully saturated rings. The number of methoxy groups -OCH3 is 1. The molecule has 268 valence electrons. The summed E-state index contributed by atoms with van der Waals surface area (Å²) in [5.41, 5.74) is 1.61. The van der Waals surface area contributed by atoms with Gasteiger partial charge in [-0.05, 0) is 163 Å². The first-order valence-corrected chi connectivity index (χ1v) is 20.9. The van der Waals surface area contributed by atoms with Crippen molar-refractivity contribution >= 4 is 117 Å². The van der Waals surface area contributed by atoms with Gasteiger partial charge in [-0.25, -0.2) is 13.2 Å². The molecule has 2 aliphatic carbocycles. The van der Waals surface area contributed by atoms with E-state index in [2.05, 4.69) is 17.3 Å². The van der Waals surface area contributed by atoms with Crippen molar-refractivity contribution in [2.45, 2.75) is 35.8 Å². The van der Waals surface area contributed by atoms with Gasteiger partial charge in [0, 0.05) is 3.57 Å². The van der Waals surface area contributed by atoms with Crippen molar-refractivity contribution in [2.24, 2.45) is 23.7 Å². The molecule has 0 N–H and O–H groups in total. The Morgan fingerprint density at radius 2 is 1.62 bits per heavy atom. The van der Waals surface area contributed by atoms with Crippen molar-refractivity contribution in [3.63, 3.8) is 0 Å². The second-order valence-corrected chi connectivity index (χ2v) is 18.7. The Morgan fingerprint density at radius 3 is 2.20 bits per heavy atom. The first-order chi connectivity index (χ1) is 23.3. The van der Waals surface area contributed by atoms with Gasteiger partial charge in [0.1, 0.15) is 6.61 Å². The van der Waals surface area contributed by atoms with Crippen molar-refractivity contribution in [3.8, 4) is 5.75 Å². The van der Waals surface area contributed by atoms with Crippen LogP contribution in [0.4, 0.5) is 8.78 Å². The van der Waals surface area contributed by atoms with E-state index in [0.29, 0.717) is 43.9 Å². The van der Waals surface area contributed by atoms with Crippen LogP contribution in [0.1, 0.15) is 40.7 Å². The number of carbonyl (C=O) groups excluding carboxylic acids is 2. The Hall–Kier alpha value is -1.79. The molecule has 0 spiro atoms. The summed E-state index contributed by atoms with van der Waals surface area (Å²) < 4.78 is 105. The lowest BCUT2D eigenvalue weighted by Crippen LogP contribution is -2.35. The molecule has 5 rings (SSSR count). The molecule has 17 heteroatoms. The Bertz CT molecular complexity index is 2130. The molecule has 2 saturated carbocycles. The van der Waals surface area contributed by atoms with Crippen LogP contribution in [-0.2, 0) is 40.4 Å². The molecular formula is C33H28F2I3O10S2-. The number of benzene rings is 3. The van der Waals surface area contributed by atoms with E-state index < -0.39 is 60.8 Å². The highest BCUT2D eigenvalue weighted by atomic mass is 127. The predicted molar refractivity (Wildman–Crippen MR) is 204 cm³/mol. The van der Waals surface area contributed by atoms with Crippen molar-refractivity contribution in [2.75, 3.05) is 13.7 Å². The van der Waals surface area contributed by atoms with Crippen LogP contribution < -0.4 is 4.74 Å². The van der Waals surface area contributed by atoms with Crippen LogP contribution in [0.3, 0.4) is 0 Å². The average Bonchev–Trinajstić information content (AvgIpc) is 3.66. The van der Waals surface area contributed by atoms with E-state index in [9.17, 15) is 39.8 Å². The Morgan fingerprint density at radius 1 is 1.00 bits per heavy atom. The van der Waals surface area contributed by atoms with Crippen LogP contribution in [0.15, 0.2) is 60.0 Å². The van der Waals surface area contributed by atoms with Crippen molar-refractivity contribution in [1.82, 2.24) is 0 Å². The minimum atomic E-state index is -6.22. The molecule has 0 aromatic heterocycles. The maximum atomic E-state index is 14.0. The monoisotopic (exact) mass is 1070 g/mol. The summed E-state index contributed by atoms with van der Waals surface area (Å²) in [6.07, 6.45) is 3.78. The fourth-order valence-corrected chi connectivity index (χ4v) is 11.0. The molecule has 0 aliphatic heterocycles. The van der Waals surface area contributed by atoms with Gasteiger partial charge in [0.15, 0.2) is 15.9 Å². The van der Waals surface area contributed by atoms with E-state index in [1.807, 2.05) is 73.8 Å². The third-order valence-electron chi connectivity index (χ3n) is 9.12. The van der Waals surface area contributed by atoms with Gasteiger partial charge in [0.25, 0.3) is 10.1 Å². The van der Waals surface area contributed by atoms with Gasteiger partial charge in [0.2, 0.25) is 0 Å². The fourth-order valence-electron chi connectivity index (χ4n) is 6.96. The van der Waals surface area contributed by atoms with Crippen LogP contribution in [0.2, 0.25) is 0 Å². The lowest BCUT2D eigenvalue weighted by Gasteiger charge is -2.32. The second-order valence-electron chi connectivity index (χ2n) is 12.0. The fraction of sp³-hybridized carbons (Fsp3) is 0.333. The highest BCUT2D eigenvalue weighted by Gasteiger charge is 2.52. The van der Waals surface area contributed by atoms with Gasteiger partial charge in [-0.3, -0.25) is 8.98 Å². The summed E-state index contributed by atoms with van der Waals surface area (Å²) in [6, 6.07) is 9.26. The van der Waals surface area contributed by atoms with E-state index in [-0.39, 0.29) is 23.8 Å². The number of hydrogen-bond donors (Lipinski definition) is 0. The molecule has 3 aromatic rings. The van der Waals surface area contributed by atoms with E-state index in [0.717, 1.165) is 19.3 Å². The van der Waals surface area contributed by atoms with E-state index in [1.165, 1.54) is 19.2 Å². The third kappa shape index (κ3) is 7.78. The third-order valence-corrected chi connectivity index (χ3v) is 13.5. The minimum absolute atomic E-state index is 0.0254. The number of esters is 2. The zero-order chi connectivity index (χ0) is 36.9. The van der Waals surface area contributed by atoms with Crippen molar-refractivity contribution in [1.29, 1.82) is 0 Å². The van der Waals surface area contributed by atoms with Gasteiger partial charge in [0.05, 0.1) is 30.6 Å². The number of alkyl halides is 2. The minimum Gasteiger partial charge on any atom is -0.743 e. The molecule has 0 amide bonds. The molecule has 0 heterocycles. The Kier molecular flexibility index (Phi) is 11.8. The van der Waals surface area contributed by atoms with Crippen molar-refractivity contribution in [3.05, 3.63) is 82.5 Å². The van der Waals surface area contributed by atoms with Crippen LogP contribution in [0.5, 0.6) is 5.75 Å². The summed E-state index contributed by atoms with van der Waals surface area (Å²) in [5.74, 6) is -1.77. The number of fused-ring (bicyclic) bond motifs is 3. The maximum Gasteiger partial charge on any atom is 0.358 e. The molecule has 4 atom stereocenters. The smallest absolute Gasteiger partial charge is 0.358 e. The summed E-state index contributed by atoms with van der Waals surface area (Å²) in [4.78, 5) is 25.5. The quantitative estimate of drug-likeness (QED) is 0.0452. The summed E-state index contributed by atoms with van der Waals surface area (Å²) >= 11 is 6.00. The highest BCUT2D eigenvalue weighted by molar-refractivity contribution is 14.1. The molecule has 0 radical (unpaired) electrons. The SMILES string of the molecule is C=Cc1cc(I)cc2c(CC(=C)C3C4CCC(C4)C3C(=O)Oc3c(I)cc(C(=O)OC)cc3I)c(S(=O)(=O)OCC(F)(F)S(=O)(=O)[O-])ccc12. The van der Waals surface area contributed by atoms with E-state index >= 15 is 0 Å². The number of rotatable bonds is 12. The number of ether oxygens (including phenoxy) is 2. The van der Waals surface area contributed by atoms with E-state index in [4.69, 9.17) is 9.47 Å². The van der Waals surface area contributed by atoms with Crippen molar-refractivity contribution < 1.29 is 53.4 Å². The normalized spacial score (nSPS) is 20.5. The number of hydrogen-bond acceptors (Lipinski definition) is 10. The number of carbonyl (C=O) groups is 2. The molecule has 4 unspecified atom stereocenters. The van der Waals surface area contributed by atoms with E-state index in [1.54, 1.807) is 24.3 Å².